The number of carbonyl (C=O) groups is 3. The van der Waals surface area contributed by atoms with Crippen LogP contribution in [0.3, 0.4) is 0 Å². The Morgan fingerprint density at radius 3 is 2.45 bits per heavy atom. The Morgan fingerprint density at radius 1 is 1.00 bits per heavy atom. The number of dihydropyridines is 1. The molecule has 6 nitrogen and oxygen atoms in total. The lowest BCUT2D eigenvalue weighted by Gasteiger charge is -2.41. The van der Waals surface area contributed by atoms with Crippen LogP contribution in [0.15, 0.2) is 65.3 Å². The van der Waals surface area contributed by atoms with Gasteiger partial charge < -0.3 is 5.32 Å². The Balaban J connectivity index is 1.75. The van der Waals surface area contributed by atoms with E-state index in [0.717, 1.165) is 0 Å². The van der Waals surface area contributed by atoms with Crippen LogP contribution in [0, 0.1) is 16.7 Å². The maximum absolute atomic E-state index is 13.5. The molecule has 0 saturated heterocycles. The van der Waals surface area contributed by atoms with E-state index < -0.39 is 5.92 Å². The number of allylic oxidation sites excluding steroid dienone is 4. The van der Waals surface area contributed by atoms with Crippen molar-refractivity contribution in [3.8, 4) is 6.07 Å². The third-order valence-corrected chi connectivity index (χ3v) is 6.20. The molecule has 1 aliphatic heterocycles. The lowest BCUT2D eigenvalue weighted by Crippen LogP contribution is -2.42. The lowest BCUT2D eigenvalue weighted by atomic mass is 9.66. The maximum Gasteiger partial charge on any atom is 0.210 e. The van der Waals surface area contributed by atoms with E-state index in [4.69, 9.17) is 5.26 Å². The van der Waals surface area contributed by atoms with Crippen molar-refractivity contribution in [3.63, 3.8) is 0 Å². The van der Waals surface area contributed by atoms with E-state index in [1.165, 1.54) is 12.4 Å². The highest BCUT2D eigenvalue weighted by Crippen LogP contribution is 2.48. The van der Waals surface area contributed by atoms with Crippen molar-refractivity contribution in [2.45, 2.75) is 32.6 Å². The highest BCUT2D eigenvalue weighted by molar-refractivity contribution is 6.28. The highest BCUT2D eigenvalue weighted by Gasteiger charge is 2.47. The summed E-state index contributed by atoms with van der Waals surface area (Å²) in [5.41, 5.74) is 3.27. The first kappa shape index (κ1) is 19.1. The number of hydrogen-bond acceptors (Lipinski definition) is 6. The Kier molecular flexibility index (Phi) is 4.06. The number of rotatable bonds is 1. The van der Waals surface area contributed by atoms with Crippen LogP contribution in [0.1, 0.15) is 64.4 Å². The van der Waals surface area contributed by atoms with E-state index in [2.05, 4.69) is 16.4 Å². The van der Waals surface area contributed by atoms with Crippen LogP contribution >= 0.6 is 0 Å². The fraction of sp³-hybridized carbons (Fsp3) is 0.240. The van der Waals surface area contributed by atoms with Crippen LogP contribution in [0.5, 0.6) is 0 Å². The minimum atomic E-state index is -0.660. The number of ketones is 3. The fourth-order valence-corrected chi connectivity index (χ4v) is 4.85. The lowest BCUT2D eigenvalue weighted by molar-refractivity contribution is -0.118. The summed E-state index contributed by atoms with van der Waals surface area (Å²) in [4.78, 5) is 44.2. The SMILES string of the molecule is CC1(C)CC(=O)C2=C(C1)NC1=C(C(=O)c3cnccc3C1=O)C2c1ccc(C#N)cc1. The molecule has 1 unspecified atom stereocenters. The molecule has 2 aliphatic carbocycles. The zero-order valence-electron chi connectivity index (χ0n) is 17.2. The van der Waals surface area contributed by atoms with Crippen molar-refractivity contribution in [3.05, 3.63) is 87.5 Å². The van der Waals surface area contributed by atoms with Gasteiger partial charge in [-0.25, -0.2) is 0 Å². The van der Waals surface area contributed by atoms with Crippen molar-refractivity contribution < 1.29 is 14.4 Å². The van der Waals surface area contributed by atoms with Gasteiger partial charge in [0.15, 0.2) is 11.6 Å². The number of nitrogens with zero attached hydrogens (tertiary/aromatic N) is 2. The highest BCUT2D eigenvalue weighted by atomic mass is 16.1. The molecule has 1 atom stereocenters. The molecule has 152 valence electrons. The second-order valence-corrected chi connectivity index (χ2v) is 8.99. The fourth-order valence-electron chi connectivity index (χ4n) is 4.85. The number of benzene rings is 1. The molecule has 0 amide bonds. The Labute approximate surface area is 179 Å². The van der Waals surface area contributed by atoms with Crippen molar-refractivity contribution in [2.75, 3.05) is 0 Å². The standard InChI is InChI=1S/C25H19N3O3/c1-25(2)9-17-20(18(29)10-25)19(14-5-3-13(11-26)4-6-14)21-22(28-17)24(31)15-7-8-27-12-16(15)23(21)30/h3-8,12,19,28H,9-10H2,1-2H3. The van der Waals surface area contributed by atoms with Gasteiger partial charge >= 0.3 is 0 Å². The van der Waals surface area contributed by atoms with Crippen LogP contribution in [0.4, 0.5) is 0 Å². The summed E-state index contributed by atoms with van der Waals surface area (Å²) in [5, 5.41) is 12.3. The molecule has 6 heteroatoms. The number of nitriles is 1. The molecule has 3 aliphatic rings. The molecule has 31 heavy (non-hydrogen) atoms. The zero-order valence-corrected chi connectivity index (χ0v) is 17.2. The van der Waals surface area contributed by atoms with Gasteiger partial charge in [-0.05, 0) is 35.6 Å². The van der Waals surface area contributed by atoms with Gasteiger partial charge in [-0.15, -0.1) is 0 Å². The van der Waals surface area contributed by atoms with E-state index in [0.29, 0.717) is 40.8 Å². The average Bonchev–Trinajstić information content (AvgIpc) is 2.75. The van der Waals surface area contributed by atoms with Gasteiger partial charge in [0, 0.05) is 47.1 Å². The first-order valence-electron chi connectivity index (χ1n) is 10.1. The number of Topliss-reactive ketones (excluding diaryl/α,β-unsaturated/α-hetero) is 3. The molecule has 2 heterocycles. The molecule has 0 radical (unpaired) electrons. The predicted molar refractivity (Wildman–Crippen MR) is 112 cm³/mol. The Bertz CT molecular complexity index is 1290. The van der Waals surface area contributed by atoms with Gasteiger partial charge in [-0.2, -0.15) is 5.26 Å². The van der Waals surface area contributed by atoms with E-state index >= 15 is 0 Å². The number of aromatic nitrogens is 1. The monoisotopic (exact) mass is 409 g/mol. The Hall–Kier alpha value is -3.85. The third kappa shape index (κ3) is 2.85. The Morgan fingerprint density at radius 2 is 1.74 bits per heavy atom. The molecule has 0 bridgehead atoms. The summed E-state index contributed by atoms with van der Waals surface area (Å²) < 4.78 is 0. The van der Waals surface area contributed by atoms with Crippen LogP contribution in [-0.2, 0) is 4.79 Å². The van der Waals surface area contributed by atoms with Gasteiger partial charge in [0.05, 0.1) is 22.9 Å². The average molecular weight is 409 g/mol. The topological polar surface area (TPSA) is 99.9 Å². The molecule has 0 spiro atoms. The van der Waals surface area contributed by atoms with Crippen LogP contribution < -0.4 is 5.32 Å². The minimum absolute atomic E-state index is 0.0307. The molecule has 0 saturated carbocycles. The first-order valence-corrected chi connectivity index (χ1v) is 10.1. The molecule has 1 aromatic carbocycles. The molecule has 2 aromatic rings. The largest absolute Gasteiger partial charge is 0.355 e. The van der Waals surface area contributed by atoms with E-state index in [9.17, 15) is 14.4 Å². The van der Waals surface area contributed by atoms with Crippen LogP contribution in [0.25, 0.3) is 0 Å². The molecular formula is C25H19N3O3. The number of nitrogens with one attached hydrogen (secondary N) is 1. The van der Waals surface area contributed by atoms with Crippen LogP contribution in [0.2, 0.25) is 0 Å². The van der Waals surface area contributed by atoms with Crippen molar-refractivity contribution >= 4 is 17.3 Å². The van der Waals surface area contributed by atoms with Gasteiger partial charge in [-0.1, -0.05) is 26.0 Å². The minimum Gasteiger partial charge on any atom is -0.355 e. The summed E-state index contributed by atoms with van der Waals surface area (Å²) in [7, 11) is 0. The van der Waals surface area contributed by atoms with Crippen molar-refractivity contribution in [2.24, 2.45) is 5.41 Å². The normalized spacial score (nSPS) is 21.7. The molecule has 5 rings (SSSR count). The first-order chi connectivity index (χ1) is 14.8. The molecule has 0 fully saturated rings. The van der Waals surface area contributed by atoms with E-state index in [1.54, 1.807) is 30.3 Å². The van der Waals surface area contributed by atoms with Gasteiger partial charge in [0.1, 0.15) is 0 Å². The van der Waals surface area contributed by atoms with E-state index in [1.807, 2.05) is 13.8 Å². The van der Waals surface area contributed by atoms with Crippen molar-refractivity contribution in [1.29, 1.82) is 5.26 Å². The zero-order chi connectivity index (χ0) is 21.9. The number of pyridine rings is 1. The van der Waals surface area contributed by atoms with Gasteiger partial charge in [0.2, 0.25) is 5.78 Å². The summed E-state index contributed by atoms with van der Waals surface area (Å²) in [6.07, 6.45) is 3.87. The second-order valence-electron chi connectivity index (χ2n) is 8.99. The second kappa shape index (κ2) is 6.58. The summed E-state index contributed by atoms with van der Waals surface area (Å²) in [6, 6.07) is 10.5. The maximum atomic E-state index is 13.5. The van der Waals surface area contributed by atoms with Gasteiger partial charge in [0.25, 0.3) is 0 Å². The number of fused-ring (bicyclic) bond motifs is 1. The summed E-state index contributed by atoms with van der Waals surface area (Å²) in [5.74, 6) is -1.26. The molecule has 1 aromatic heterocycles. The van der Waals surface area contributed by atoms with E-state index in [-0.39, 0.29) is 39.6 Å². The number of carbonyl (C=O) groups excluding carboxylic acids is 3. The summed E-state index contributed by atoms with van der Waals surface area (Å²) >= 11 is 0. The predicted octanol–water partition coefficient (Wildman–Crippen LogP) is 3.62. The number of hydrogen-bond donors (Lipinski definition) is 1. The molecular weight excluding hydrogens is 390 g/mol. The molecule has 1 N–H and O–H groups in total. The quantitative estimate of drug-likeness (QED) is 0.772. The van der Waals surface area contributed by atoms with Crippen molar-refractivity contribution in [1.82, 2.24) is 10.3 Å². The smallest absolute Gasteiger partial charge is 0.210 e. The summed E-state index contributed by atoms with van der Waals surface area (Å²) in [6.45, 7) is 4.04. The van der Waals surface area contributed by atoms with Crippen LogP contribution in [-0.4, -0.2) is 22.3 Å². The van der Waals surface area contributed by atoms with Gasteiger partial charge in [-0.3, -0.25) is 19.4 Å². The third-order valence-electron chi connectivity index (χ3n) is 6.20.